The summed E-state index contributed by atoms with van der Waals surface area (Å²) in [7, 11) is -2.18. The first-order valence-electron chi connectivity index (χ1n) is 9.99. The fourth-order valence-corrected chi connectivity index (χ4v) is 4.17. The van der Waals surface area contributed by atoms with Gasteiger partial charge < -0.3 is 15.2 Å². The van der Waals surface area contributed by atoms with Gasteiger partial charge in [-0.1, -0.05) is 39.2 Å². The average molecular weight is 416 g/mol. The largest absolute Gasteiger partial charge is 0.513 e. The van der Waals surface area contributed by atoms with Crippen molar-refractivity contribution in [1.82, 2.24) is 5.32 Å². The minimum absolute atomic E-state index is 0.0401. The molecule has 2 N–H and O–H groups in total. The maximum atomic E-state index is 12.3. The molecule has 8 heteroatoms. The molecular formula is C20H35NO6P+. The molecule has 0 radical (unpaired) electrons. The second-order valence-corrected chi connectivity index (χ2v) is 9.92. The van der Waals surface area contributed by atoms with Crippen molar-refractivity contribution in [3.63, 3.8) is 0 Å². The Balaban J connectivity index is 2.70. The highest BCUT2D eigenvalue weighted by Gasteiger charge is 2.32. The van der Waals surface area contributed by atoms with Gasteiger partial charge in [0, 0.05) is 0 Å². The monoisotopic (exact) mass is 416 g/mol. The van der Waals surface area contributed by atoms with Gasteiger partial charge in [-0.05, 0) is 50.0 Å². The van der Waals surface area contributed by atoms with Crippen LogP contribution in [-0.4, -0.2) is 41.6 Å². The lowest BCUT2D eigenvalue weighted by atomic mass is 9.84. The van der Waals surface area contributed by atoms with Crippen molar-refractivity contribution in [3.8, 4) is 0 Å². The van der Waals surface area contributed by atoms with Crippen LogP contribution in [-0.2, 0) is 18.6 Å². The molecule has 1 saturated carbocycles. The van der Waals surface area contributed by atoms with Crippen LogP contribution >= 0.6 is 8.03 Å². The third kappa shape index (κ3) is 10.2. The number of ether oxygens (including phenoxy) is 1. The fourth-order valence-electron chi connectivity index (χ4n) is 3.23. The number of carbonyl (C=O) groups excluding carboxylic acids is 1. The Morgan fingerprint density at radius 1 is 1.21 bits per heavy atom. The van der Waals surface area contributed by atoms with Crippen LogP contribution in [0.15, 0.2) is 11.6 Å². The molecule has 1 aliphatic carbocycles. The third-order valence-electron chi connectivity index (χ3n) is 4.43. The van der Waals surface area contributed by atoms with Crippen LogP contribution in [0.2, 0.25) is 0 Å². The predicted octanol–water partition coefficient (Wildman–Crippen LogP) is 4.89. The van der Waals surface area contributed by atoms with E-state index in [4.69, 9.17) is 9.26 Å². The SMILES string of the molecule is CC(C)/C=C(\C[P+](=O)OCC(NC(=O)OC(C)(C)C)C1CCCCC1)C(=O)O. The van der Waals surface area contributed by atoms with Crippen LogP contribution in [0.25, 0.3) is 0 Å². The molecule has 2 atom stereocenters. The molecule has 7 nitrogen and oxygen atoms in total. The van der Waals surface area contributed by atoms with Crippen LogP contribution in [0, 0.1) is 11.8 Å². The zero-order valence-electron chi connectivity index (χ0n) is 17.7. The number of carboxylic acids is 1. The second kappa shape index (κ2) is 11.5. The number of hydrogen-bond acceptors (Lipinski definition) is 5. The third-order valence-corrected chi connectivity index (χ3v) is 5.46. The molecule has 28 heavy (non-hydrogen) atoms. The van der Waals surface area contributed by atoms with E-state index < -0.39 is 25.7 Å². The first-order valence-corrected chi connectivity index (χ1v) is 11.3. The van der Waals surface area contributed by atoms with Crippen LogP contribution in [0.4, 0.5) is 4.79 Å². The van der Waals surface area contributed by atoms with Gasteiger partial charge in [0.1, 0.15) is 12.2 Å². The number of carbonyl (C=O) groups is 2. The van der Waals surface area contributed by atoms with E-state index in [1.807, 2.05) is 13.8 Å². The quantitative estimate of drug-likeness (QED) is 0.410. The normalized spacial score (nSPS) is 17.9. The smallest absolute Gasteiger partial charge is 0.478 e. The molecule has 0 aromatic carbocycles. The maximum absolute atomic E-state index is 12.3. The molecule has 1 rings (SSSR count). The van der Waals surface area contributed by atoms with Gasteiger partial charge in [0.15, 0.2) is 0 Å². The van der Waals surface area contributed by atoms with E-state index in [0.717, 1.165) is 25.7 Å². The Morgan fingerprint density at radius 2 is 1.82 bits per heavy atom. The van der Waals surface area contributed by atoms with E-state index in [0.29, 0.717) is 0 Å². The topological polar surface area (TPSA) is 102 Å². The van der Waals surface area contributed by atoms with Crippen LogP contribution in [0.1, 0.15) is 66.7 Å². The first kappa shape index (κ1) is 24.6. The summed E-state index contributed by atoms with van der Waals surface area (Å²) >= 11 is 0. The van der Waals surface area contributed by atoms with E-state index in [1.165, 1.54) is 6.42 Å². The summed E-state index contributed by atoms with van der Waals surface area (Å²) in [6, 6.07) is -0.309. The number of nitrogens with one attached hydrogen (secondary N) is 1. The summed E-state index contributed by atoms with van der Waals surface area (Å²) in [5.41, 5.74) is -0.518. The van der Waals surface area contributed by atoms with Gasteiger partial charge in [0.25, 0.3) is 0 Å². The zero-order chi connectivity index (χ0) is 21.3. The summed E-state index contributed by atoms with van der Waals surface area (Å²) in [5.74, 6) is -0.815. The Bertz CT molecular complexity index is 576. The van der Waals surface area contributed by atoms with Crippen LogP contribution in [0.3, 0.4) is 0 Å². The van der Waals surface area contributed by atoms with Crippen LogP contribution in [0.5, 0.6) is 0 Å². The molecule has 0 saturated heterocycles. The summed E-state index contributed by atoms with van der Waals surface area (Å²) in [6.07, 6.45) is 6.19. The molecule has 2 unspecified atom stereocenters. The minimum Gasteiger partial charge on any atom is -0.478 e. The molecule has 0 spiro atoms. The number of alkyl carbamates (subject to hydrolysis) is 1. The highest BCUT2D eigenvalue weighted by molar-refractivity contribution is 7.39. The standard InChI is InChI=1S/C20H34NO6P/c1-14(2)11-16(18(22)23)13-28(25)26-12-17(15-9-7-6-8-10-15)21-19(24)27-20(3,4)5/h11,14-15,17H,6-10,12-13H2,1-5H3,(H-,21,22,23,24)/p+1/b16-11+. The summed E-state index contributed by atoms with van der Waals surface area (Å²) in [5, 5.41) is 12.1. The number of aliphatic carboxylic acids is 1. The molecule has 0 aliphatic heterocycles. The number of hydrogen-bond donors (Lipinski definition) is 2. The summed E-state index contributed by atoms with van der Waals surface area (Å²) < 4.78 is 23.1. The van der Waals surface area contributed by atoms with Crippen molar-refractivity contribution < 1.29 is 28.5 Å². The van der Waals surface area contributed by atoms with Gasteiger partial charge in [-0.15, -0.1) is 4.52 Å². The molecule has 1 fully saturated rings. The van der Waals surface area contributed by atoms with Crippen molar-refractivity contribution >= 4 is 20.1 Å². The lowest BCUT2D eigenvalue weighted by Gasteiger charge is -2.30. The van der Waals surface area contributed by atoms with Gasteiger partial charge in [0.2, 0.25) is 6.16 Å². The zero-order valence-corrected chi connectivity index (χ0v) is 18.6. The number of allylic oxidation sites excluding steroid dienone is 1. The highest BCUT2D eigenvalue weighted by Crippen LogP contribution is 2.31. The van der Waals surface area contributed by atoms with Gasteiger partial charge >= 0.3 is 20.1 Å². The predicted molar refractivity (Wildman–Crippen MR) is 109 cm³/mol. The number of rotatable bonds is 9. The molecule has 0 bridgehead atoms. The van der Waals surface area contributed by atoms with Crippen LogP contribution < -0.4 is 5.32 Å². The van der Waals surface area contributed by atoms with Gasteiger partial charge in [-0.2, -0.15) is 0 Å². The van der Waals surface area contributed by atoms with E-state index in [2.05, 4.69) is 5.32 Å². The second-order valence-electron chi connectivity index (χ2n) is 8.68. The Kier molecular flexibility index (Phi) is 10.1. The first-order chi connectivity index (χ1) is 13.0. The van der Waals surface area contributed by atoms with E-state index in [1.54, 1.807) is 26.8 Å². The highest BCUT2D eigenvalue weighted by atomic mass is 31.1. The number of carboxylic acid groups (broad SMARTS) is 1. The summed E-state index contributed by atoms with van der Waals surface area (Å²) in [4.78, 5) is 23.5. The van der Waals surface area contributed by atoms with Crippen molar-refractivity contribution in [3.05, 3.63) is 11.6 Å². The minimum atomic E-state index is -2.18. The van der Waals surface area contributed by atoms with Crippen molar-refractivity contribution in [2.45, 2.75) is 78.4 Å². The van der Waals surface area contributed by atoms with Gasteiger partial charge in [-0.3, -0.25) is 0 Å². The van der Waals surface area contributed by atoms with E-state index in [-0.39, 0.29) is 36.2 Å². The molecular weight excluding hydrogens is 381 g/mol. The van der Waals surface area contributed by atoms with Gasteiger partial charge in [-0.25, -0.2) is 9.59 Å². The molecule has 1 amide bonds. The van der Waals surface area contributed by atoms with Gasteiger partial charge in [0.05, 0.1) is 11.6 Å². The molecule has 160 valence electrons. The molecule has 0 heterocycles. The Hall–Kier alpha value is -1.46. The van der Waals surface area contributed by atoms with E-state index >= 15 is 0 Å². The molecule has 0 aromatic rings. The van der Waals surface area contributed by atoms with Crippen molar-refractivity contribution in [2.75, 3.05) is 12.8 Å². The molecule has 0 aromatic heterocycles. The maximum Gasteiger partial charge on any atom is 0.513 e. The molecule has 1 aliphatic rings. The Labute approximate surface area is 169 Å². The summed E-state index contributed by atoms with van der Waals surface area (Å²) in [6.45, 7) is 9.19. The number of amides is 1. The Morgan fingerprint density at radius 3 is 2.32 bits per heavy atom. The lowest BCUT2D eigenvalue weighted by molar-refractivity contribution is -0.132. The fraction of sp³-hybridized carbons (Fsp3) is 0.800. The lowest BCUT2D eigenvalue weighted by Crippen LogP contribution is -2.45. The average Bonchev–Trinajstić information content (AvgIpc) is 2.56. The van der Waals surface area contributed by atoms with Crippen molar-refractivity contribution in [1.29, 1.82) is 0 Å². The van der Waals surface area contributed by atoms with Crippen molar-refractivity contribution in [2.24, 2.45) is 11.8 Å². The van der Waals surface area contributed by atoms with E-state index in [9.17, 15) is 19.3 Å².